The van der Waals surface area contributed by atoms with E-state index in [-0.39, 0.29) is 0 Å². The molecule has 0 radical (unpaired) electrons. The third-order valence-corrected chi connectivity index (χ3v) is 4.64. The Morgan fingerprint density at radius 2 is 1.57 bits per heavy atom. The van der Waals surface area contributed by atoms with Crippen LogP contribution in [0.5, 0.6) is 11.5 Å². The summed E-state index contributed by atoms with van der Waals surface area (Å²) >= 11 is 5.98. The van der Waals surface area contributed by atoms with Gasteiger partial charge in [0, 0.05) is 11.6 Å². The van der Waals surface area contributed by atoms with E-state index in [2.05, 4.69) is 29.6 Å². The van der Waals surface area contributed by atoms with Crippen LogP contribution in [0.2, 0.25) is 5.02 Å². The zero-order chi connectivity index (χ0) is 19.6. The van der Waals surface area contributed by atoms with Gasteiger partial charge in [0.2, 0.25) is 0 Å². The molecule has 0 spiro atoms. The minimum atomic E-state index is 0.560. The van der Waals surface area contributed by atoms with E-state index in [1.165, 1.54) is 5.56 Å². The number of hydrogen-bond acceptors (Lipinski definition) is 3. The molecule has 0 saturated heterocycles. The summed E-state index contributed by atoms with van der Waals surface area (Å²) in [6.45, 7) is 3.93. The third kappa shape index (κ3) is 6.21. The van der Waals surface area contributed by atoms with Crippen molar-refractivity contribution in [2.45, 2.75) is 19.8 Å². The van der Waals surface area contributed by atoms with Crippen LogP contribution in [-0.2, 0) is 6.42 Å². The van der Waals surface area contributed by atoms with E-state index < -0.39 is 0 Å². The summed E-state index contributed by atoms with van der Waals surface area (Å²) in [4.78, 5) is 0. The molecule has 0 heterocycles. The van der Waals surface area contributed by atoms with E-state index in [1.54, 1.807) is 0 Å². The van der Waals surface area contributed by atoms with Gasteiger partial charge in [-0.05, 0) is 61.2 Å². The second-order valence-corrected chi connectivity index (χ2v) is 7.06. The number of para-hydroxylation sites is 2. The van der Waals surface area contributed by atoms with E-state index in [0.29, 0.717) is 19.8 Å². The number of nitrogens with one attached hydrogen (secondary N) is 1. The highest BCUT2D eigenvalue weighted by Gasteiger charge is 2.04. The fraction of sp³-hybridized carbons (Fsp3) is 0.250. The highest BCUT2D eigenvalue weighted by atomic mass is 35.5. The zero-order valence-electron chi connectivity index (χ0n) is 16.2. The number of benzene rings is 3. The molecule has 3 aromatic carbocycles. The number of hydrogen-bond donors (Lipinski definition) is 1. The second kappa shape index (κ2) is 10.6. The molecule has 3 rings (SSSR count). The first-order valence-corrected chi connectivity index (χ1v) is 9.99. The van der Waals surface area contributed by atoms with Gasteiger partial charge >= 0.3 is 0 Å². The maximum absolute atomic E-state index is 5.99. The molecule has 0 aromatic heterocycles. The molecule has 0 amide bonds. The molecule has 0 fully saturated rings. The largest absolute Gasteiger partial charge is 0.491 e. The van der Waals surface area contributed by atoms with Gasteiger partial charge in [0.25, 0.3) is 0 Å². The SMILES string of the molecule is Cc1cc(Cl)ccc1OCCNc1ccccc1OCCCc1ccccc1. The van der Waals surface area contributed by atoms with Crippen molar-refractivity contribution >= 4 is 17.3 Å². The summed E-state index contributed by atoms with van der Waals surface area (Å²) in [5.74, 6) is 1.73. The average molecular weight is 396 g/mol. The Morgan fingerprint density at radius 3 is 2.39 bits per heavy atom. The molecule has 146 valence electrons. The first-order chi connectivity index (χ1) is 13.7. The summed E-state index contributed by atoms with van der Waals surface area (Å²) in [5, 5.41) is 4.12. The quantitative estimate of drug-likeness (QED) is 0.417. The van der Waals surface area contributed by atoms with Crippen LogP contribution >= 0.6 is 11.6 Å². The summed E-state index contributed by atoms with van der Waals surface area (Å²) < 4.78 is 11.8. The van der Waals surface area contributed by atoms with Gasteiger partial charge in [-0.25, -0.2) is 0 Å². The molecule has 3 nitrogen and oxygen atoms in total. The zero-order valence-corrected chi connectivity index (χ0v) is 16.9. The summed E-state index contributed by atoms with van der Waals surface area (Å²) in [6, 6.07) is 24.2. The Labute approximate surface area is 172 Å². The topological polar surface area (TPSA) is 30.5 Å². The first kappa shape index (κ1) is 20.1. The Balaban J connectivity index is 1.43. The van der Waals surface area contributed by atoms with Gasteiger partial charge in [-0.1, -0.05) is 54.1 Å². The van der Waals surface area contributed by atoms with E-state index in [9.17, 15) is 0 Å². The van der Waals surface area contributed by atoms with Gasteiger partial charge in [-0.15, -0.1) is 0 Å². The van der Waals surface area contributed by atoms with Gasteiger partial charge < -0.3 is 14.8 Å². The van der Waals surface area contributed by atoms with E-state index in [0.717, 1.165) is 40.6 Å². The van der Waals surface area contributed by atoms with Gasteiger partial charge in [-0.3, -0.25) is 0 Å². The van der Waals surface area contributed by atoms with E-state index in [1.807, 2.05) is 55.5 Å². The molecule has 1 N–H and O–H groups in total. The van der Waals surface area contributed by atoms with Crippen molar-refractivity contribution in [2.24, 2.45) is 0 Å². The Kier molecular flexibility index (Phi) is 7.62. The van der Waals surface area contributed by atoms with Crippen LogP contribution in [0.1, 0.15) is 17.5 Å². The van der Waals surface area contributed by atoms with Crippen molar-refractivity contribution in [3.05, 3.63) is 88.9 Å². The number of anilines is 1. The molecular formula is C24H26ClNO2. The summed E-state index contributed by atoms with van der Waals surface area (Å²) in [6.07, 6.45) is 2.00. The fourth-order valence-corrected chi connectivity index (χ4v) is 3.19. The van der Waals surface area contributed by atoms with Gasteiger partial charge in [0.05, 0.1) is 12.3 Å². The van der Waals surface area contributed by atoms with Gasteiger partial charge in [-0.2, -0.15) is 0 Å². The lowest BCUT2D eigenvalue weighted by atomic mass is 10.1. The smallest absolute Gasteiger partial charge is 0.142 e. The summed E-state index contributed by atoms with van der Waals surface area (Å²) in [7, 11) is 0. The lowest BCUT2D eigenvalue weighted by Crippen LogP contribution is -2.13. The molecule has 3 aromatic rings. The maximum atomic E-state index is 5.99. The minimum Gasteiger partial charge on any atom is -0.491 e. The van der Waals surface area contributed by atoms with E-state index >= 15 is 0 Å². The molecular weight excluding hydrogens is 370 g/mol. The molecule has 0 aliphatic carbocycles. The van der Waals surface area contributed by atoms with Crippen molar-refractivity contribution in [1.82, 2.24) is 0 Å². The van der Waals surface area contributed by atoms with Crippen LogP contribution in [0.25, 0.3) is 0 Å². The molecule has 4 heteroatoms. The predicted octanol–water partition coefficient (Wildman–Crippen LogP) is 6.15. The predicted molar refractivity (Wildman–Crippen MR) is 117 cm³/mol. The van der Waals surface area contributed by atoms with Crippen LogP contribution in [0, 0.1) is 6.92 Å². The number of rotatable bonds is 10. The van der Waals surface area contributed by atoms with E-state index in [4.69, 9.17) is 21.1 Å². The fourth-order valence-electron chi connectivity index (χ4n) is 2.96. The molecule has 0 atom stereocenters. The van der Waals surface area contributed by atoms with Crippen molar-refractivity contribution < 1.29 is 9.47 Å². The maximum Gasteiger partial charge on any atom is 0.142 e. The number of halogens is 1. The van der Waals surface area contributed by atoms with Crippen molar-refractivity contribution in [3.63, 3.8) is 0 Å². The Hall–Kier alpha value is -2.65. The molecule has 0 aliphatic heterocycles. The van der Waals surface area contributed by atoms with Crippen LogP contribution in [0.15, 0.2) is 72.8 Å². The summed E-state index contributed by atoms with van der Waals surface area (Å²) in [5.41, 5.74) is 3.36. The molecule has 0 saturated carbocycles. The molecule has 0 unspecified atom stereocenters. The van der Waals surface area contributed by atoms with Crippen LogP contribution in [-0.4, -0.2) is 19.8 Å². The Morgan fingerprint density at radius 1 is 0.821 bits per heavy atom. The normalized spacial score (nSPS) is 10.5. The molecule has 28 heavy (non-hydrogen) atoms. The van der Waals surface area contributed by atoms with Gasteiger partial charge in [0.15, 0.2) is 0 Å². The molecule has 0 bridgehead atoms. The number of ether oxygens (including phenoxy) is 2. The monoisotopic (exact) mass is 395 g/mol. The van der Waals surface area contributed by atoms with Gasteiger partial charge in [0.1, 0.15) is 18.1 Å². The van der Waals surface area contributed by atoms with Crippen molar-refractivity contribution in [2.75, 3.05) is 25.1 Å². The standard InChI is InChI=1S/C24H26ClNO2/c1-19-18-21(25)13-14-23(19)28-17-15-26-22-11-5-6-12-24(22)27-16-7-10-20-8-3-2-4-9-20/h2-6,8-9,11-14,18,26H,7,10,15-17H2,1H3. The highest BCUT2D eigenvalue weighted by molar-refractivity contribution is 6.30. The lowest BCUT2D eigenvalue weighted by Gasteiger charge is -2.14. The van der Waals surface area contributed by atoms with Crippen molar-refractivity contribution in [1.29, 1.82) is 0 Å². The number of aryl methyl sites for hydroxylation is 2. The molecule has 0 aliphatic rings. The van der Waals surface area contributed by atoms with Crippen LogP contribution in [0.4, 0.5) is 5.69 Å². The van der Waals surface area contributed by atoms with Crippen molar-refractivity contribution in [3.8, 4) is 11.5 Å². The minimum absolute atomic E-state index is 0.560. The van der Waals surface area contributed by atoms with Crippen LogP contribution in [0.3, 0.4) is 0 Å². The second-order valence-electron chi connectivity index (χ2n) is 6.62. The van der Waals surface area contributed by atoms with Crippen LogP contribution < -0.4 is 14.8 Å². The third-order valence-electron chi connectivity index (χ3n) is 4.41. The highest BCUT2D eigenvalue weighted by Crippen LogP contribution is 2.24. The Bertz CT molecular complexity index is 867. The average Bonchev–Trinajstić information content (AvgIpc) is 2.71. The lowest BCUT2D eigenvalue weighted by molar-refractivity contribution is 0.311. The first-order valence-electron chi connectivity index (χ1n) is 9.61.